The van der Waals surface area contributed by atoms with E-state index in [4.69, 9.17) is 10.2 Å². The van der Waals surface area contributed by atoms with Gasteiger partial charge in [-0.3, -0.25) is 9.59 Å². The fraction of sp³-hybridized carbons (Fsp3) is 0.636. The molecule has 0 bridgehead atoms. The number of hydrogen-bond acceptors (Lipinski definition) is 2. The molecule has 1 rings (SSSR count). The van der Waals surface area contributed by atoms with Crippen LogP contribution in [0.5, 0.6) is 0 Å². The standard InChI is InChI=1S/C11H16O4/c1-3-11(9(14)15)6-4-5-10(2,7-11)8(12)13/h4,6H,3,5,7H2,1-2H3,(H,12,13)(H,14,15). The van der Waals surface area contributed by atoms with Crippen molar-refractivity contribution in [2.45, 2.75) is 33.1 Å². The zero-order valence-corrected chi connectivity index (χ0v) is 8.99. The largest absolute Gasteiger partial charge is 0.481 e. The van der Waals surface area contributed by atoms with Gasteiger partial charge in [-0.2, -0.15) is 0 Å². The van der Waals surface area contributed by atoms with E-state index in [1.165, 1.54) is 0 Å². The third kappa shape index (κ3) is 1.89. The van der Waals surface area contributed by atoms with Gasteiger partial charge in [0.15, 0.2) is 0 Å². The van der Waals surface area contributed by atoms with Crippen LogP contribution in [0.3, 0.4) is 0 Å². The van der Waals surface area contributed by atoms with Gasteiger partial charge in [0.1, 0.15) is 0 Å². The monoisotopic (exact) mass is 212 g/mol. The first-order chi connectivity index (χ1) is 6.86. The van der Waals surface area contributed by atoms with E-state index in [2.05, 4.69) is 0 Å². The van der Waals surface area contributed by atoms with Crippen LogP contribution in [0.4, 0.5) is 0 Å². The summed E-state index contributed by atoms with van der Waals surface area (Å²) < 4.78 is 0. The molecule has 0 amide bonds. The van der Waals surface area contributed by atoms with Gasteiger partial charge in [0, 0.05) is 0 Å². The normalized spacial score (nSPS) is 35.1. The molecule has 0 heterocycles. The molecular formula is C11H16O4. The lowest BCUT2D eigenvalue weighted by Gasteiger charge is -2.37. The van der Waals surface area contributed by atoms with Crippen molar-refractivity contribution in [3.8, 4) is 0 Å². The van der Waals surface area contributed by atoms with Crippen molar-refractivity contribution >= 4 is 11.9 Å². The first-order valence-electron chi connectivity index (χ1n) is 5.01. The Hall–Kier alpha value is -1.32. The molecule has 0 fully saturated rings. The summed E-state index contributed by atoms with van der Waals surface area (Å²) >= 11 is 0. The number of aliphatic carboxylic acids is 2. The number of carboxylic acids is 2. The Morgan fingerprint density at radius 1 is 1.33 bits per heavy atom. The van der Waals surface area contributed by atoms with Crippen LogP contribution in [0, 0.1) is 10.8 Å². The Balaban J connectivity index is 3.07. The van der Waals surface area contributed by atoms with Gasteiger partial charge in [0.2, 0.25) is 0 Å². The summed E-state index contributed by atoms with van der Waals surface area (Å²) in [6.07, 6.45) is 4.30. The van der Waals surface area contributed by atoms with Gasteiger partial charge in [-0.1, -0.05) is 19.1 Å². The molecule has 1 aliphatic carbocycles. The molecule has 0 spiro atoms. The summed E-state index contributed by atoms with van der Waals surface area (Å²) in [7, 11) is 0. The Kier molecular flexibility index (Phi) is 2.88. The molecule has 15 heavy (non-hydrogen) atoms. The SMILES string of the molecule is CCC1(C(=O)O)C=CCC(C)(C(=O)O)C1. The Labute approximate surface area is 88.6 Å². The minimum atomic E-state index is -1.01. The van der Waals surface area contributed by atoms with Crippen molar-refractivity contribution in [2.75, 3.05) is 0 Å². The van der Waals surface area contributed by atoms with Crippen LogP contribution in [0.2, 0.25) is 0 Å². The molecule has 1 aliphatic rings. The summed E-state index contributed by atoms with van der Waals surface area (Å²) in [5.74, 6) is -1.86. The van der Waals surface area contributed by atoms with Gasteiger partial charge < -0.3 is 10.2 Å². The second kappa shape index (κ2) is 3.68. The van der Waals surface area contributed by atoms with Crippen LogP contribution in [0.25, 0.3) is 0 Å². The van der Waals surface area contributed by atoms with E-state index >= 15 is 0 Å². The van der Waals surface area contributed by atoms with Crippen molar-refractivity contribution in [2.24, 2.45) is 10.8 Å². The third-order valence-corrected chi connectivity index (χ3v) is 3.28. The zero-order chi connectivity index (χ0) is 11.7. The number of carbonyl (C=O) groups is 2. The highest BCUT2D eigenvalue weighted by atomic mass is 16.4. The van der Waals surface area contributed by atoms with Crippen molar-refractivity contribution in [1.82, 2.24) is 0 Å². The van der Waals surface area contributed by atoms with Gasteiger partial charge in [-0.15, -0.1) is 0 Å². The van der Waals surface area contributed by atoms with Crippen LogP contribution in [-0.2, 0) is 9.59 Å². The van der Waals surface area contributed by atoms with E-state index in [1.54, 1.807) is 26.0 Å². The molecule has 4 heteroatoms. The molecule has 0 radical (unpaired) electrons. The Morgan fingerprint density at radius 3 is 2.33 bits per heavy atom. The maximum atomic E-state index is 11.2. The van der Waals surface area contributed by atoms with Gasteiger partial charge in [0.05, 0.1) is 10.8 Å². The molecule has 84 valence electrons. The van der Waals surface area contributed by atoms with Crippen molar-refractivity contribution in [3.05, 3.63) is 12.2 Å². The average Bonchev–Trinajstić information content (AvgIpc) is 2.17. The molecule has 0 saturated carbocycles. The lowest BCUT2D eigenvalue weighted by Crippen LogP contribution is -2.41. The van der Waals surface area contributed by atoms with E-state index in [0.717, 1.165) is 0 Å². The molecule has 0 saturated heterocycles. The second-order valence-electron chi connectivity index (χ2n) is 4.46. The fourth-order valence-electron chi connectivity index (χ4n) is 2.08. The van der Waals surface area contributed by atoms with Crippen molar-refractivity contribution in [3.63, 3.8) is 0 Å². The predicted molar refractivity (Wildman–Crippen MR) is 54.5 cm³/mol. The minimum Gasteiger partial charge on any atom is -0.481 e. The highest BCUT2D eigenvalue weighted by molar-refractivity contribution is 5.81. The highest BCUT2D eigenvalue weighted by Crippen LogP contribution is 2.44. The second-order valence-corrected chi connectivity index (χ2v) is 4.46. The summed E-state index contributed by atoms with van der Waals surface area (Å²) in [5.41, 5.74) is -1.96. The lowest BCUT2D eigenvalue weighted by atomic mass is 9.65. The zero-order valence-electron chi connectivity index (χ0n) is 8.99. The molecule has 0 aromatic rings. The van der Waals surface area contributed by atoms with E-state index in [9.17, 15) is 9.59 Å². The van der Waals surface area contributed by atoms with Crippen LogP contribution in [0.15, 0.2) is 12.2 Å². The van der Waals surface area contributed by atoms with E-state index in [0.29, 0.717) is 12.8 Å². The van der Waals surface area contributed by atoms with Gasteiger partial charge in [-0.05, 0) is 26.2 Å². The molecule has 0 aliphatic heterocycles. The first kappa shape index (κ1) is 11.8. The van der Waals surface area contributed by atoms with Crippen molar-refractivity contribution < 1.29 is 19.8 Å². The molecule has 2 N–H and O–H groups in total. The molecular weight excluding hydrogens is 196 g/mol. The minimum absolute atomic E-state index is 0.164. The molecule has 0 aromatic carbocycles. The van der Waals surface area contributed by atoms with Crippen LogP contribution in [-0.4, -0.2) is 22.2 Å². The topological polar surface area (TPSA) is 74.6 Å². The van der Waals surface area contributed by atoms with Crippen LogP contribution in [0.1, 0.15) is 33.1 Å². The van der Waals surface area contributed by atoms with Gasteiger partial charge >= 0.3 is 11.9 Å². The van der Waals surface area contributed by atoms with Gasteiger partial charge in [0.25, 0.3) is 0 Å². The number of hydrogen-bond donors (Lipinski definition) is 2. The fourth-order valence-corrected chi connectivity index (χ4v) is 2.08. The average molecular weight is 212 g/mol. The summed E-state index contributed by atoms with van der Waals surface area (Å²) in [4.78, 5) is 22.2. The number of carboxylic acid groups (broad SMARTS) is 2. The highest BCUT2D eigenvalue weighted by Gasteiger charge is 2.47. The first-order valence-corrected chi connectivity index (χ1v) is 5.01. The summed E-state index contributed by atoms with van der Waals surface area (Å²) in [6, 6.07) is 0. The van der Waals surface area contributed by atoms with Gasteiger partial charge in [-0.25, -0.2) is 0 Å². The quantitative estimate of drug-likeness (QED) is 0.701. The Bertz CT molecular complexity index is 321. The molecule has 2 atom stereocenters. The summed E-state index contributed by atoms with van der Waals surface area (Å²) in [6.45, 7) is 3.37. The maximum absolute atomic E-state index is 11.2. The summed E-state index contributed by atoms with van der Waals surface area (Å²) in [5, 5.41) is 18.2. The van der Waals surface area contributed by atoms with Crippen molar-refractivity contribution in [1.29, 1.82) is 0 Å². The third-order valence-electron chi connectivity index (χ3n) is 3.28. The van der Waals surface area contributed by atoms with Crippen LogP contribution < -0.4 is 0 Å². The smallest absolute Gasteiger partial charge is 0.313 e. The lowest BCUT2D eigenvalue weighted by molar-refractivity contribution is -0.155. The van der Waals surface area contributed by atoms with E-state index in [1.807, 2.05) is 0 Å². The maximum Gasteiger partial charge on any atom is 0.313 e. The van der Waals surface area contributed by atoms with Crippen LogP contribution >= 0.6 is 0 Å². The number of rotatable bonds is 3. The number of allylic oxidation sites excluding steroid dienone is 1. The molecule has 2 unspecified atom stereocenters. The van der Waals surface area contributed by atoms with E-state index in [-0.39, 0.29) is 6.42 Å². The molecule has 0 aromatic heterocycles. The van der Waals surface area contributed by atoms with E-state index < -0.39 is 22.8 Å². The molecule has 4 nitrogen and oxygen atoms in total. The predicted octanol–water partition coefficient (Wildman–Crippen LogP) is 1.91. The Morgan fingerprint density at radius 2 is 1.93 bits per heavy atom.